The van der Waals surface area contributed by atoms with E-state index >= 15 is 0 Å². The first-order valence-electron chi connectivity index (χ1n) is 8.22. The Labute approximate surface area is 136 Å². The lowest BCUT2D eigenvalue weighted by Gasteiger charge is -2.31. The van der Waals surface area contributed by atoms with Crippen molar-refractivity contribution < 1.29 is 14.3 Å². The minimum absolute atomic E-state index is 0.172. The maximum atomic E-state index is 13.5. The van der Waals surface area contributed by atoms with Gasteiger partial charge in [0.05, 0.1) is 33.7 Å². The van der Waals surface area contributed by atoms with Crippen LogP contribution in [0.1, 0.15) is 20.8 Å². The van der Waals surface area contributed by atoms with Crippen molar-refractivity contribution in [3.63, 3.8) is 0 Å². The van der Waals surface area contributed by atoms with E-state index in [1.54, 1.807) is 0 Å². The smallest absolute Gasteiger partial charge is 0.310 e. The summed E-state index contributed by atoms with van der Waals surface area (Å²) in [5, 5.41) is 0.601. The lowest BCUT2D eigenvalue weighted by Crippen LogP contribution is -2.42. The molecule has 0 spiro atoms. The highest BCUT2D eigenvalue weighted by Gasteiger charge is 2.88. The Kier molecular flexibility index (Phi) is 3.74. The van der Waals surface area contributed by atoms with Gasteiger partial charge in [0.1, 0.15) is 0 Å². The predicted octanol–water partition coefficient (Wildman–Crippen LogP) is 4.04. The normalized spacial score (nSPS) is 34.8. The molecule has 0 radical (unpaired) electrons. The van der Waals surface area contributed by atoms with E-state index in [9.17, 15) is 9.59 Å². The molecular formula is C17H30O3Si2. The highest BCUT2D eigenvalue weighted by molar-refractivity contribution is 6.92. The molecule has 3 nitrogen and oxygen atoms in total. The number of esters is 1. The summed E-state index contributed by atoms with van der Waals surface area (Å²) < 4.78 is 5.32. The number of hydrogen-bond acceptors (Lipinski definition) is 3. The Morgan fingerprint density at radius 3 is 2.00 bits per heavy atom. The molecule has 0 aromatic rings. The first-order chi connectivity index (χ1) is 9.79. The van der Waals surface area contributed by atoms with Crippen molar-refractivity contribution in [2.45, 2.75) is 65.1 Å². The van der Waals surface area contributed by atoms with Gasteiger partial charge < -0.3 is 4.74 Å². The van der Waals surface area contributed by atoms with Crippen LogP contribution in [0.2, 0.25) is 44.3 Å². The van der Waals surface area contributed by atoms with Gasteiger partial charge in [0.2, 0.25) is 0 Å². The summed E-state index contributed by atoms with van der Waals surface area (Å²) in [4.78, 5) is 26.1. The number of Topliss-reactive ketones (excluding diaryl/α,β-unsaturated/α-hetero) is 1. The van der Waals surface area contributed by atoms with Gasteiger partial charge in [-0.05, 0) is 19.0 Å². The summed E-state index contributed by atoms with van der Waals surface area (Å²) in [5.74, 6) is -0.155. The highest BCUT2D eigenvalue weighted by Crippen LogP contribution is 2.86. The lowest BCUT2D eigenvalue weighted by atomic mass is 9.98. The fraction of sp³-hybridized carbons (Fsp3) is 0.765. The molecule has 0 saturated heterocycles. The molecule has 0 aliphatic heterocycles. The Bertz CT molecular complexity index is 580. The van der Waals surface area contributed by atoms with Gasteiger partial charge in [-0.25, -0.2) is 0 Å². The fourth-order valence-electron chi connectivity index (χ4n) is 5.22. The molecule has 1 saturated carbocycles. The first kappa shape index (κ1) is 17.7. The highest BCUT2D eigenvalue weighted by atomic mass is 28.3. The number of carbonyl (C=O) groups excluding carboxylic acids is 2. The third-order valence-electron chi connectivity index (χ3n) is 5.94. The van der Waals surface area contributed by atoms with E-state index in [0.29, 0.717) is 6.61 Å². The van der Waals surface area contributed by atoms with Crippen LogP contribution in [0.4, 0.5) is 0 Å². The van der Waals surface area contributed by atoms with E-state index in [0.717, 1.165) is 5.20 Å². The molecule has 2 aliphatic rings. The van der Waals surface area contributed by atoms with Gasteiger partial charge in [-0.2, -0.15) is 0 Å². The first-order valence-corrected chi connectivity index (χ1v) is 15.2. The second-order valence-electron chi connectivity index (χ2n) is 9.02. The van der Waals surface area contributed by atoms with Gasteiger partial charge in [0.15, 0.2) is 5.78 Å². The Balaban J connectivity index is 2.66. The van der Waals surface area contributed by atoms with E-state index in [1.807, 2.05) is 6.92 Å². The number of ketones is 1. The van der Waals surface area contributed by atoms with Gasteiger partial charge in [-0.1, -0.05) is 51.8 Å². The molecule has 1 fully saturated rings. The Morgan fingerprint density at radius 1 is 1.18 bits per heavy atom. The number of ether oxygens (including phenoxy) is 1. The standard InChI is InChI=1S/C17H30O3Si2/c1-10-20-15(19)13-16(3)11(2)12(21(4,5)6)14(18)17(13,16)22(7,8)9/h13H,10H2,1-9H3/t13-,16-,17+/m0/s1. The molecule has 3 atom stereocenters. The summed E-state index contributed by atoms with van der Waals surface area (Å²) in [6.07, 6.45) is 0. The van der Waals surface area contributed by atoms with Crippen LogP contribution in [0, 0.1) is 11.3 Å². The van der Waals surface area contributed by atoms with Crippen LogP contribution in [-0.2, 0) is 14.3 Å². The molecule has 0 N–H and O–H groups in total. The molecule has 0 aromatic heterocycles. The average Bonchev–Trinajstić information content (AvgIpc) is 2.84. The van der Waals surface area contributed by atoms with Crippen molar-refractivity contribution in [1.29, 1.82) is 0 Å². The molecule has 2 aliphatic carbocycles. The van der Waals surface area contributed by atoms with Gasteiger partial charge in [-0.3, -0.25) is 9.59 Å². The average molecular weight is 339 g/mol. The van der Waals surface area contributed by atoms with E-state index < -0.39 is 21.2 Å². The summed E-state index contributed by atoms with van der Waals surface area (Å²) in [6, 6.07) is 0. The summed E-state index contributed by atoms with van der Waals surface area (Å²) in [7, 11) is -3.61. The third-order valence-corrected chi connectivity index (χ3v) is 11.4. The van der Waals surface area contributed by atoms with Gasteiger partial charge in [-0.15, -0.1) is 0 Å². The Morgan fingerprint density at radius 2 is 1.68 bits per heavy atom. The lowest BCUT2D eigenvalue weighted by molar-refractivity contribution is -0.146. The van der Waals surface area contributed by atoms with Gasteiger partial charge >= 0.3 is 5.97 Å². The van der Waals surface area contributed by atoms with E-state index in [4.69, 9.17) is 4.74 Å². The largest absolute Gasteiger partial charge is 0.466 e. The van der Waals surface area contributed by atoms with Crippen molar-refractivity contribution in [1.82, 2.24) is 0 Å². The zero-order valence-electron chi connectivity index (χ0n) is 15.5. The zero-order valence-corrected chi connectivity index (χ0v) is 17.5. The molecule has 0 unspecified atom stereocenters. The van der Waals surface area contributed by atoms with Crippen LogP contribution in [0.15, 0.2) is 10.8 Å². The van der Waals surface area contributed by atoms with Crippen LogP contribution >= 0.6 is 0 Å². The third kappa shape index (κ3) is 1.78. The molecular weight excluding hydrogens is 308 g/mol. The second kappa shape index (κ2) is 4.66. The monoisotopic (exact) mass is 338 g/mol. The van der Waals surface area contributed by atoms with Gasteiger partial charge in [0.25, 0.3) is 0 Å². The molecule has 0 amide bonds. The van der Waals surface area contributed by atoms with Crippen LogP contribution in [0.3, 0.4) is 0 Å². The number of hydrogen-bond donors (Lipinski definition) is 0. The molecule has 5 heteroatoms. The predicted molar refractivity (Wildman–Crippen MR) is 95.3 cm³/mol. The van der Waals surface area contributed by atoms with Crippen LogP contribution in [0.25, 0.3) is 0 Å². The fourth-order valence-corrected chi connectivity index (χ4v) is 11.5. The number of allylic oxidation sites excluding steroid dienone is 2. The molecule has 0 bridgehead atoms. The van der Waals surface area contributed by atoms with Crippen LogP contribution in [0.5, 0.6) is 0 Å². The van der Waals surface area contributed by atoms with Crippen molar-refractivity contribution in [2.75, 3.05) is 6.61 Å². The summed E-state index contributed by atoms with van der Waals surface area (Å²) in [5.41, 5.74) is 0.869. The van der Waals surface area contributed by atoms with Gasteiger partial charge in [0, 0.05) is 5.41 Å². The van der Waals surface area contributed by atoms with E-state index in [2.05, 4.69) is 53.1 Å². The second-order valence-corrected chi connectivity index (χ2v) is 19.3. The minimum Gasteiger partial charge on any atom is -0.466 e. The minimum atomic E-state index is -1.90. The maximum absolute atomic E-state index is 13.5. The molecule has 124 valence electrons. The van der Waals surface area contributed by atoms with Crippen molar-refractivity contribution >= 4 is 27.9 Å². The zero-order chi connectivity index (χ0) is 17.3. The molecule has 0 aromatic carbocycles. The maximum Gasteiger partial charge on any atom is 0.310 e. The van der Waals surface area contributed by atoms with E-state index in [-0.39, 0.29) is 23.1 Å². The van der Waals surface area contributed by atoms with Crippen LogP contribution < -0.4 is 0 Å². The van der Waals surface area contributed by atoms with Crippen LogP contribution in [-0.4, -0.2) is 34.5 Å². The van der Waals surface area contributed by atoms with Crippen molar-refractivity contribution in [3.8, 4) is 0 Å². The Hall–Kier alpha value is -0.686. The quantitative estimate of drug-likeness (QED) is 0.574. The van der Waals surface area contributed by atoms with Crippen molar-refractivity contribution in [3.05, 3.63) is 10.8 Å². The summed E-state index contributed by atoms with van der Waals surface area (Å²) >= 11 is 0. The number of fused-ring (bicyclic) bond motifs is 1. The SMILES string of the molecule is CCOC(=O)[C@H]1[C@]2(C)C(C)=C([Si](C)(C)C)C(=O)[C@]12[Si](C)(C)C. The molecule has 22 heavy (non-hydrogen) atoms. The number of rotatable bonds is 4. The van der Waals surface area contributed by atoms with E-state index in [1.165, 1.54) is 5.57 Å². The summed E-state index contributed by atoms with van der Waals surface area (Å²) in [6.45, 7) is 19.8. The topological polar surface area (TPSA) is 43.4 Å². The molecule has 0 heterocycles. The molecule has 2 rings (SSSR count). The number of carbonyl (C=O) groups is 2. The van der Waals surface area contributed by atoms with Crippen molar-refractivity contribution in [2.24, 2.45) is 11.3 Å².